The van der Waals surface area contributed by atoms with E-state index in [-0.39, 0.29) is 11.6 Å². The molecule has 1 aromatic carbocycles. The number of halogens is 1. The molecular formula is C11H10FN3. The Morgan fingerprint density at radius 3 is 2.40 bits per heavy atom. The van der Waals surface area contributed by atoms with Crippen LogP contribution in [-0.2, 0) is 0 Å². The number of nitrogens with zero attached hydrogens (tertiary/aromatic N) is 1. The fourth-order valence-corrected chi connectivity index (χ4v) is 1.30. The van der Waals surface area contributed by atoms with Crippen LogP contribution in [0.5, 0.6) is 0 Å². The minimum atomic E-state index is -0.325. The van der Waals surface area contributed by atoms with Crippen LogP contribution in [0.15, 0.2) is 36.4 Å². The number of anilines is 2. The van der Waals surface area contributed by atoms with Gasteiger partial charge in [0.15, 0.2) is 0 Å². The third kappa shape index (κ3) is 1.74. The molecule has 0 aliphatic carbocycles. The zero-order valence-electron chi connectivity index (χ0n) is 7.94. The highest BCUT2D eigenvalue weighted by molar-refractivity contribution is 5.67. The lowest BCUT2D eigenvalue weighted by atomic mass is 10.1. The summed E-state index contributed by atoms with van der Waals surface area (Å²) >= 11 is 0. The number of hydrogen-bond acceptors (Lipinski definition) is 3. The maximum absolute atomic E-state index is 13.4. The van der Waals surface area contributed by atoms with E-state index in [0.29, 0.717) is 16.9 Å². The molecule has 0 saturated carbocycles. The quantitative estimate of drug-likeness (QED) is 0.745. The van der Waals surface area contributed by atoms with Gasteiger partial charge in [-0.05, 0) is 24.3 Å². The molecule has 0 spiro atoms. The lowest BCUT2D eigenvalue weighted by molar-refractivity contribution is 0.631. The predicted octanol–water partition coefficient (Wildman–Crippen LogP) is 2.05. The number of nitrogens with two attached hydrogens (primary N) is 2. The van der Waals surface area contributed by atoms with Crippen LogP contribution in [0.1, 0.15) is 0 Å². The van der Waals surface area contributed by atoms with E-state index >= 15 is 0 Å². The summed E-state index contributed by atoms with van der Waals surface area (Å²) in [6.07, 6.45) is 0. The molecule has 2 aromatic rings. The first-order chi connectivity index (χ1) is 7.18. The molecule has 1 aromatic heterocycles. The Labute approximate surface area is 86.6 Å². The number of rotatable bonds is 1. The van der Waals surface area contributed by atoms with Crippen LogP contribution >= 0.6 is 0 Å². The van der Waals surface area contributed by atoms with Crippen LogP contribution in [0.2, 0.25) is 0 Å². The highest BCUT2D eigenvalue weighted by Crippen LogP contribution is 2.23. The van der Waals surface area contributed by atoms with E-state index < -0.39 is 0 Å². The van der Waals surface area contributed by atoms with Crippen molar-refractivity contribution < 1.29 is 4.39 Å². The van der Waals surface area contributed by atoms with Gasteiger partial charge in [0.1, 0.15) is 11.6 Å². The minimum Gasteiger partial charge on any atom is -0.396 e. The number of pyridine rings is 1. The summed E-state index contributed by atoms with van der Waals surface area (Å²) in [6, 6.07) is 9.65. The summed E-state index contributed by atoms with van der Waals surface area (Å²) in [4.78, 5) is 4.02. The van der Waals surface area contributed by atoms with Gasteiger partial charge in [-0.1, -0.05) is 12.1 Å². The molecule has 0 saturated heterocycles. The molecule has 2 rings (SSSR count). The fraction of sp³-hybridized carbons (Fsp3) is 0. The summed E-state index contributed by atoms with van der Waals surface area (Å²) in [5, 5.41) is 0. The van der Waals surface area contributed by atoms with Gasteiger partial charge >= 0.3 is 0 Å². The van der Waals surface area contributed by atoms with Gasteiger partial charge in [0, 0.05) is 5.56 Å². The molecule has 0 unspecified atom stereocenters. The Balaban J connectivity index is 2.55. The van der Waals surface area contributed by atoms with E-state index in [9.17, 15) is 4.39 Å². The molecule has 0 bridgehead atoms. The second-order valence-corrected chi connectivity index (χ2v) is 3.15. The molecule has 4 N–H and O–H groups in total. The van der Waals surface area contributed by atoms with Crippen molar-refractivity contribution in [2.24, 2.45) is 0 Å². The van der Waals surface area contributed by atoms with E-state index in [2.05, 4.69) is 4.98 Å². The molecule has 15 heavy (non-hydrogen) atoms. The van der Waals surface area contributed by atoms with Crippen LogP contribution in [0.3, 0.4) is 0 Å². The van der Waals surface area contributed by atoms with Gasteiger partial charge in [-0.25, -0.2) is 9.37 Å². The number of benzene rings is 1. The maximum atomic E-state index is 13.4. The van der Waals surface area contributed by atoms with Crippen molar-refractivity contribution in [2.75, 3.05) is 11.5 Å². The van der Waals surface area contributed by atoms with Gasteiger partial charge < -0.3 is 11.5 Å². The third-order valence-electron chi connectivity index (χ3n) is 2.11. The Morgan fingerprint density at radius 2 is 1.73 bits per heavy atom. The third-order valence-corrected chi connectivity index (χ3v) is 2.11. The monoisotopic (exact) mass is 203 g/mol. The van der Waals surface area contributed by atoms with Crippen molar-refractivity contribution in [2.45, 2.75) is 0 Å². The van der Waals surface area contributed by atoms with Gasteiger partial charge in [0.05, 0.1) is 11.4 Å². The van der Waals surface area contributed by atoms with Crippen molar-refractivity contribution in [3.05, 3.63) is 42.2 Å². The van der Waals surface area contributed by atoms with E-state index in [1.807, 2.05) is 0 Å². The SMILES string of the molecule is Nc1ccc(-c2ccccc2F)nc1N. The zero-order valence-corrected chi connectivity index (χ0v) is 7.94. The molecular weight excluding hydrogens is 193 g/mol. The molecule has 0 aliphatic rings. The lowest BCUT2D eigenvalue weighted by Crippen LogP contribution is -1.99. The first-order valence-electron chi connectivity index (χ1n) is 4.45. The molecule has 0 fully saturated rings. The highest BCUT2D eigenvalue weighted by atomic mass is 19.1. The van der Waals surface area contributed by atoms with Crippen LogP contribution in [0.25, 0.3) is 11.3 Å². The van der Waals surface area contributed by atoms with Crippen LogP contribution in [0, 0.1) is 5.82 Å². The van der Waals surface area contributed by atoms with Crippen LogP contribution in [0.4, 0.5) is 15.9 Å². The standard InChI is InChI=1S/C11H10FN3/c12-8-4-2-1-3-7(8)10-6-5-9(13)11(14)15-10/h1-6H,13H2,(H2,14,15). The second kappa shape index (κ2) is 3.57. The summed E-state index contributed by atoms with van der Waals surface area (Å²) in [6.45, 7) is 0. The largest absolute Gasteiger partial charge is 0.396 e. The summed E-state index contributed by atoms with van der Waals surface area (Å²) in [7, 11) is 0. The van der Waals surface area contributed by atoms with E-state index in [4.69, 9.17) is 11.5 Å². The molecule has 0 radical (unpaired) electrons. The van der Waals surface area contributed by atoms with Crippen LogP contribution in [-0.4, -0.2) is 4.98 Å². The summed E-state index contributed by atoms with van der Waals surface area (Å²) in [5.41, 5.74) is 12.4. The number of aromatic nitrogens is 1. The molecule has 0 atom stereocenters. The number of hydrogen-bond donors (Lipinski definition) is 2. The van der Waals surface area contributed by atoms with Crippen molar-refractivity contribution in [3.8, 4) is 11.3 Å². The smallest absolute Gasteiger partial charge is 0.147 e. The van der Waals surface area contributed by atoms with Crippen LogP contribution < -0.4 is 11.5 Å². The van der Waals surface area contributed by atoms with E-state index in [1.54, 1.807) is 30.3 Å². The average Bonchev–Trinajstić information content (AvgIpc) is 2.23. The van der Waals surface area contributed by atoms with Crippen molar-refractivity contribution in [1.82, 2.24) is 4.98 Å². The Bertz CT molecular complexity index is 497. The number of nitrogen functional groups attached to an aromatic ring is 2. The first kappa shape index (κ1) is 9.45. The topological polar surface area (TPSA) is 64.9 Å². The van der Waals surface area contributed by atoms with Gasteiger partial charge in [-0.15, -0.1) is 0 Å². The first-order valence-corrected chi connectivity index (χ1v) is 4.45. The second-order valence-electron chi connectivity index (χ2n) is 3.15. The zero-order chi connectivity index (χ0) is 10.8. The predicted molar refractivity (Wildman–Crippen MR) is 58.5 cm³/mol. The highest BCUT2D eigenvalue weighted by Gasteiger charge is 2.06. The van der Waals surface area contributed by atoms with Crippen molar-refractivity contribution in [3.63, 3.8) is 0 Å². The molecule has 76 valence electrons. The molecule has 0 aliphatic heterocycles. The molecule has 1 heterocycles. The normalized spacial score (nSPS) is 10.2. The average molecular weight is 203 g/mol. The van der Waals surface area contributed by atoms with Crippen molar-refractivity contribution >= 4 is 11.5 Å². The molecule has 0 amide bonds. The maximum Gasteiger partial charge on any atom is 0.147 e. The Morgan fingerprint density at radius 1 is 1.00 bits per heavy atom. The lowest BCUT2D eigenvalue weighted by Gasteiger charge is -2.04. The minimum absolute atomic E-state index is 0.218. The molecule has 3 nitrogen and oxygen atoms in total. The summed E-state index contributed by atoms with van der Waals surface area (Å²) < 4.78 is 13.4. The Kier molecular flexibility index (Phi) is 2.25. The van der Waals surface area contributed by atoms with Gasteiger partial charge in [-0.3, -0.25) is 0 Å². The Hall–Kier alpha value is -2.10. The van der Waals surface area contributed by atoms with E-state index in [1.165, 1.54) is 6.07 Å². The van der Waals surface area contributed by atoms with Gasteiger partial charge in [-0.2, -0.15) is 0 Å². The fourth-order valence-electron chi connectivity index (χ4n) is 1.30. The van der Waals surface area contributed by atoms with Gasteiger partial charge in [0.25, 0.3) is 0 Å². The van der Waals surface area contributed by atoms with E-state index in [0.717, 1.165) is 0 Å². The van der Waals surface area contributed by atoms with Crippen molar-refractivity contribution in [1.29, 1.82) is 0 Å². The summed E-state index contributed by atoms with van der Waals surface area (Å²) in [5.74, 6) is -0.107. The van der Waals surface area contributed by atoms with Gasteiger partial charge in [0.2, 0.25) is 0 Å². The molecule has 4 heteroatoms.